The third kappa shape index (κ3) is 8.65. The molecule has 1 N–H and O–H groups in total. The summed E-state index contributed by atoms with van der Waals surface area (Å²) in [5.41, 5.74) is 5.37. The van der Waals surface area contributed by atoms with Crippen LogP contribution in [0.25, 0.3) is 0 Å². The molecule has 0 spiro atoms. The lowest BCUT2D eigenvalue weighted by molar-refractivity contribution is -0.116. The maximum absolute atomic E-state index is 12.5. The number of nitrogens with zero attached hydrogens (tertiary/aromatic N) is 1. The molecule has 2 atom stereocenters. The SMILES string of the molecule is CC(C=CC1=C(C)CCCC1(C)C)=CC=CC(C)=CC(=O)NCC1CCCCC1Oc1ccccn1. The molecule has 2 unspecified atom stereocenters. The summed E-state index contributed by atoms with van der Waals surface area (Å²) in [4.78, 5) is 16.8. The predicted octanol–water partition coefficient (Wildman–Crippen LogP) is 7.67. The molecule has 1 aromatic heterocycles. The number of pyridine rings is 1. The van der Waals surface area contributed by atoms with E-state index in [1.54, 1.807) is 12.3 Å². The highest BCUT2D eigenvalue weighted by Crippen LogP contribution is 2.40. The number of carbonyl (C=O) groups is 1. The number of carbonyl (C=O) groups excluding carboxylic acids is 1. The van der Waals surface area contributed by atoms with E-state index in [2.05, 4.69) is 56.2 Å². The zero-order valence-corrected chi connectivity index (χ0v) is 22.8. The first-order valence-corrected chi connectivity index (χ1v) is 13.5. The summed E-state index contributed by atoms with van der Waals surface area (Å²) in [6.07, 6.45) is 22.2. The Labute approximate surface area is 218 Å². The number of rotatable bonds is 9. The molecule has 1 amide bonds. The first kappa shape index (κ1) is 27.7. The number of aromatic nitrogens is 1. The van der Waals surface area contributed by atoms with Crippen LogP contribution >= 0.6 is 0 Å². The number of hydrogen-bond donors (Lipinski definition) is 1. The van der Waals surface area contributed by atoms with E-state index in [0.29, 0.717) is 18.3 Å². The van der Waals surface area contributed by atoms with Gasteiger partial charge in [0.2, 0.25) is 11.8 Å². The summed E-state index contributed by atoms with van der Waals surface area (Å²) >= 11 is 0. The average molecular weight is 489 g/mol. The Hall–Kier alpha value is -2.88. The number of nitrogens with one attached hydrogen (secondary N) is 1. The minimum absolute atomic E-state index is 0.0538. The van der Waals surface area contributed by atoms with Crippen LogP contribution in [0.1, 0.15) is 79.6 Å². The molecule has 0 bridgehead atoms. The highest BCUT2D eigenvalue weighted by molar-refractivity contribution is 5.88. The molecule has 1 heterocycles. The molecule has 0 saturated heterocycles. The average Bonchev–Trinajstić information content (AvgIpc) is 2.83. The highest BCUT2D eigenvalue weighted by atomic mass is 16.5. The topological polar surface area (TPSA) is 51.2 Å². The van der Waals surface area contributed by atoms with Crippen molar-refractivity contribution >= 4 is 5.91 Å². The summed E-state index contributed by atoms with van der Waals surface area (Å²) in [6.45, 7) is 11.7. The van der Waals surface area contributed by atoms with Crippen molar-refractivity contribution in [2.45, 2.75) is 85.7 Å². The minimum atomic E-state index is -0.0538. The zero-order valence-electron chi connectivity index (χ0n) is 22.8. The largest absolute Gasteiger partial charge is 0.474 e. The van der Waals surface area contributed by atoms with E-state index in [1.807, 2.05) is 37.3 Å². The zero-order chi connectivity index (χ0) is 26.0. The quantitative estimate of drug-likeness (QED) is 0.287. The van der Waals surface area contributed by atoms with Crippen molar-refractivity contribution in [2.75, 3.05) is 6.54 Å². The molecule has 0 aromatic carbocycles. The smallest absolute Gasteiger partial charge is 0.244 e. The third-order valence-electron chi connectivity index (χ3n) is 7.42. The van der Waals surface area contributed by atoms with Gasteiger partial charge in [-0.1, -0.05) is 67.9 Å². The molecule has 1 saturated carbocycles. The van der Waals surface area contributed by atoms with Crippen LogP contribution in [0.4, 0.5) is 0 Å². The molecular formula is C32H44N2O2. The highest BCUT2D eigenvalue weighted by Gasteiger charge is 2.28. The van der Waals surface area contributed by atoms with Gasteiger partial charge in [0.15, 0.2) is 0 Å². The second-order valence-electron chi connectivity index (χ2n) is 11.0. The number of hydrogen-bond acceptors (Lipinski definition) is 3. The molecule has 0 radical (unpaired) electrons. The maximum Gasteiger partial charge on any atom is 0.244 e. The molecule has 1 fully saturated rings. The number of amides is 1. The van der Waals surface area contributed by atoms with Crippen molar-refractivity contribution < 1.29 is 9.53 Å². The van der Waals surface area contributed by atoms with Gasteiger partial charge in [0.1, 0.15) is 6.10 Å². The van der Waals surface area contributed by atoms with Gasteiger partial charge >= 0.3 is 0 Å². The number of ether oxygens (including phenoxy) is 1. The molecule has 4 heteroatoms. The first-order valence-electron chi connectivity index (χ1n) is 13.5. The third-order valence-corrected chi connectivity index (χ3v) is 7.42. The molecular weight excluding hydrogens is 444 g/mol. The number of allylic oxidation sites excluding steroid dienone is 9. The fraction of sp³-hybridized carbons (Fsp3) is 0.500. The summed E-state index contributed by atoms with van der Waals surface area (Å²) in [7, 11) is 0. The van der Waals surface area contributed by atoms with Crippen LogP contribution in [0.3, 0.4) is 0 Å². The van der Waals surface area contributed by atoms with Gasteiger partial charge in [0.05, 0.1) is 0 Å². The Morgan fingerprint density at radius 3 is 2.69 bits per heavy atom. The Bertz CT molecular complexity index is 1030. The molecule has 3 rings (SSSR count). The Balaban J connectivity index is 1.49. The summed E-state index contributed by atoms with van der Waals surface area (Å²) < 4.78 is 6.13. The lowest BCUT2D eigenvalue weighted by Gasteiger charge is -2.32. The second kappa shape index (κ2) is 13.4. The fourth-order valence-electron chi connectivity index (χ4n) is 5.30. The molecule has 1 aromatic rings. The van der Waals surface area contributed by atoms with Gasteiger partial charge in [-0.05, 0) is 81.9 Å². The summed E-state index contributed by atoms with van der Waals surface area (Å²) in [5, 5.41) is 3.09. The molecule has 2 aliphatic carbocycles. The molecule has 4 nitrogen and oxygen atoms in total. The van der Waals surface area contributed by atoms with Crippen molar-refractivity contribution in [1.82, 2.24) is 10.3 Å². The molecule has 2 aliphatic rings. The van der Waals surface area contributed by atoms with Crippen molar-refractivity contribution in [3.63, 3.8) is 0 Å². The van der Waals surface area contributed by atoms with E-state index in [-0.39, 0.29) is 17.4 Å². The van der Waals surface area contributed by atoms with Crippen LogP contribution in [0.2, 0.25) is 0 Å². The van der Waals surface area contributed by atoms with E-state index in [4.69, 9.17) is 4.74 Å². The molecule has 36 heavy (non-hydrogen) atoms. The van der Waals surface area contributed by atoms with Gasteiger partial charge < -0.3 is 10.1 Å². The first-order chi connectivity index (χ1) is 17.2. The van der Waals surface area contributed by atoms with E-state index in [1.165, 1.54) is 42.4 Å². The van der Waals surface area contributed by atoms with Gasteiger partial charge in [-0.3, -0.25) is 4.79 Å². The maximum atomic E-state index is 12.5. The normalized spacial score (nSPS) is 23.4. The van der Waals surface area contributed by atoms with Gasteiger partial charge in [-0.2, -0.15) is 0 Å². The van der Waals surface area contributed by atoms with E-state index in [9.17, 15) is 4.79 Å². The Morgan fingerprint density at radius 1 is 1.14 bits per heavy atom. The van der Waals surface area contributed by atoms with Crippen molar-refractivity contribution in [2.24, 2.45) is 11.3 Å². The van der Waals surface area contributed by atoms with Crippen LogP contribution in [0.15, 0.2) is 83.1 Å². The van der Waals surface area contributed by atoms with Gasteiger partial charge in [0, 0.05) is 30.8 Å². The van der Waals surface area contributed by atoms with E-state index >= 15 is 0 Å². The minimum Gasteiger partial charge on any atom is -0.474 e. The molecule has 0 aliphatic heterocycles. The van der Waals surface area contributed by atoms with E-state index < -0.39 is 0 Å². The Kier molecular flexibility index (Phi) is 10.3. The van der Waals surface area contributed by atoms with Crippen LogP contribution in [-0.2, 0) is 4.79 Å². The fourth-order valence-corrected chi connectivity index (χ4v) is 5.30. The lowest BCUT2D eigenvalue weighted by Crippen LogP contribution is -2.39. The van der Waals surface area contributed by atoms with Crippen molar-refractivity contribution in [1.29, 1.82) is 0 Å². The van der Waals surface area contributed by atoms with Crippen LogP contribution in [0.5, 0.6) is 5.88 Å². The van der Waals surface area contributed by atoms with Crippen LogP contribution in [0, 0.1) is 11.3 Å². The van der Waals surface area contributed by atoms with Crippen LogP contribution in [-0.4, -0.2) is 23.5 Å². The van der Waals surface area contributed by atoms with Crippen molar-refractivity contribution in [3.8, 4) is 5.88 Å². The Morgan fingerprint density at radius 2 is 1.94 bits per heavy atom. The lowest BCUT2D eigenvalue weighted by atomic mass is 9.72. The standard InChI is InChI=1S/C32H44N2O2/c1-24(18-19-28-26(3)14-11-20-32(28,4)5)12-10-13-25(2)22-30(35)34-23-27-15-6-7-16-29(27)36-31-17-8-9-21-33-31/h8-10,12-13,17-19,21-22,27,29H,6-7,11,14-16,20,23H2,1-5H3,(H,34,35). The van der Waals surface area contributed by atoms with Gasteiger partial charge in [-0.25, -0.2) is 4.98 Å². The van der Waals surface area contributed by atoms with Crippen molar-refractivity contribution in [3.05, 3.63) is 83.1 Å². The molecule has 194 valence electrons. The predicted molar refractivity (Wildman–Crippen MR) is 150 cm³/mol. The van der Waals surface area contributed by atoms with Gasteiger partial charge in [0.25, 0.3) is 0 Å². The summed E-state index contributed by atoms with van der Waals surface area (Å²) in [6, 6.07) is 5.72. The van der Waals surface area contributed by atoms with Crippen LogP contribution < -0.4 is 10.1 Å². The second-order valence-corrected chi connectivity index (χ2v) is 11.0. The van der Waals surface area contributed by atoms with Gasteiger partial charge in [-0.15, -0.1) is 0 Å². The van der Waals surface area contributed by atoms with E-state index in [0.717, 1.165) is 24.8 Å². The monoisotopic (exact) mass is 488 g/mol. The summed E-state index contributed by atoms with van der Waals surface area (Å²) in [5.74, 6) is 0.912.